The highest BCUT2D eigenvalue weighted by Crippen LogP contribution is 2.26. The maximum absolute atomic E-state index is 11.8. The van der Waals surface area contributed by atoms with E-state index in [9.17, 15) is 14.9 Å². The molecule has 2 aromatic rings. The second-order valence-corrected chi connectivity index (χ2v) is 6.61. The molecule has 0 spiro atoms. The summed E-state index contributed by atoms with van der Waals surface area (Å²) in [5.41, 5.74) is 0.594. The molecule has 0 bridgehead atoms. The molecule has 2 N–H and O–H groups in total. The summed E-state index contributed by atoms with van der Waals surface area (Å²) in [6.07, 6.45) is 0.717. The summed E-state index contributed by atoms with van der Waals surface area (Å²) in [5.74, 6) is 0.369. The fourth-order valence-corrected chi connectivity index (χ4v) is 3.01. The monoisotopic (exact) mass is 379 g/mol. The number of nitro groups is 1. The zero-order chi connectivity index (χ0) is 18.1. The Kier molecular flexibility index (Phi) is 7.56. The maximum Gasteiger partial charge on any atom is 0.271 e. The van der Waals surface area contributed by atoms with Crippen LogP contribution in [0, 0.1) is 10.1 Å². The first kappa shape index (κ1) is 19.1. The number of carbonyl (C=O) groups is 1. The summed E-state index contributed by atoms with van der Waals surface area (Å²) < 4.78 is 0. The van der Waals surface area contributed by atoms with Gasteiger partial charge in [-0.2, -0.15) is 0 Å². The summed E-state index contributed by atoms with van der Waals surface area (Å²) in [6.45, 7) is 1.15. The molecule has 0 aromatic heterocycles. The Hall–Kier alpha value is -2.25. The smallest absolute Gasteiger partial charge is 0.271 e. The molecule has 8 heteroatoms. The Morgan fingerprint density at radius 1 is 1.16 bits per heavy atom. The minimum atomic E-state index is -0.487. The molecule has 25 heavy (non-hydrogen) atoms. The number of halogens is 1. The van der Waals surface area contributed by atoms with Crippen LogP contribution in [0.25, 0.3) is 0 Å². The second-order valence-electron chi connectivity index (χ2n) is 5.15. The van der Waals surface area contributed by atoms with Gasteiger partial charge in [-0.3, -0.25) is 14.9 Å². The van der Waals surface area contributed by atoms with Crippen molar-refractivity contribution in [2.24, 2.45) is 0 Å². The average Bonchev–Trinajstić information content (AvgIpc) is 2.61. The van der Waals surface area contributed by atoms with Crippen molar-refractivity contribution in [1.82, 2.24) is 5.32 Å². The topological polar surface area (TPSA) is 84.3 Å². The van der Waals surface area contributed by atoms with Gasteiger partial charge >= 0.3 is 0 Å². The fourth-order valence-electron chi connectivity index (χ4n) is 2.02. The number of hydrogen-bond donors (Lipinski definition) is 2. The van der Waals surface area contributed by atoms with Crippen LogP contribution in [0.2, 0.25) is 5.02 Å². The van der Waals surface area contributed by atoms with E-state index in [4.69, 9.17) is 11.6 Å². The molecule has 0 heterocycles. The van der Waals surface area contributed by atoms with Crippen molar-refractivity contribution in [1.29, 1.82) is 0 Å². The standard InChI is InChI=1S/C17H18ClN3O3S/c18-15-11-13(21(23)24)7-8-16(15)19-9-4-10-20-17(22)12-25-14-5-2-1-3-6-14/h1-3,5-8,11,19H,4,9-10,12H2,(H,20,22). The van der Waals surface area contributed by atoms with E-state index in [-0.39, 0.29) is 11.6 Å². The largest absolute Gasteiger partial charge is 0.384 e. The third kappa shape index (κ3) is 6.64. The zero-order valence-corrected chi connectivity index (χ0v) is 15.0. The molecule has 0 fully saturated rings. The second kappa shape index (κ2) is 9.90. The number of nitrogens with one attached hydrogen (secondary N) is 2. The van der Waals surface area contributed by atoms with Crippen LogP contribution < -0.4 is 10.6 Å². The van der Waals surface area contributed by atoms with E-state index in [1.807, 2.05) is 30.3 Å². The van der Waals surface area contributed by atoms with Crippen molar-refractivity contribution in [3.05, 3.63) is 63.7 Å². The third-order valence-corrected chi connectivity index (χ3v) is 4.59. The highest BCUT2D eigenvalue weighted by atomic mass is 35.5. The maximum atomic E-state index is 11.8. The van der Waals surface area contributed by atoms with Crippen molar-refractivity contribution in [2.45, 2.75) is 11.3 Å². The van der Waals surface area contributed by atoms with Gasteiger partial charge in [-0.05, 0) is 24.6 Å². The van der Waals surface area contributed by atoms with Crippen molar-refractivity contribution in [3.63, 3.8) is 0 Å². The lowest BCUT2D eigenvalue weighted by Crippen LogP contribution is -2.27. The van der Waals surface area contributed by atoms with Crippen LogP contribution in [0.3, 0.4) is 0 Å². The van der Waals surface area contributed by atoms with Crippen LogP contribution in [0.4, 0.5) is 11.4 Å². The number of hydrogen-bond acceptors (Lipinski definition) is 5. The normalized spacial score (nSPS) is 10.3. The van der Waals surface area contributed by atoms with E-state index < -0.39 is 4.92 Å². The van der Waals surface area contributed by atoms with Gasteiger partial charge in [0.05, 0.1) is 21.4 Å². The Morgan fingerprint density at radius 2 is 1.92 bits per heavy atom. The number of rotatable bonds is 9. The number of non-ortho nitro benzene ring substituents is 1. The molecule has 2 rings (SSSR count). The van der Waals surface area contributed by atoms with Crippen molar-refractivity contribution in [2.75, 3.05) is 24.2 Å². The Bertz CT molecular complexity index is 728. The molecule has 6 nitrogen and oxygen atoms in total. The Labute approximate surface area is 155 Å². The van der Waals surface area contributed by atoms with E-state index in [0.29, 0.717) is 29.6 Å². The zero-order valence-electron chi connectivity index (χ0n) is 13.4. The molecular weight excluding hydrogens is 362 g/mol. The van der Waals surface area contributed by atoms with Crippen LogP contribution in [-0.4, -0.2) is 29.7 Å². The molecule has 0 aliphatic carbocycles. The third-order valence-electron chi connectivity index (χ3n) is 3.27. The van der Waals surface area contributed by atoms with E-state index in [1.165, 1.54) is 23.9 Å². The van der Waals surface area contributed by atoms with Crippen LogP contribution in [0.5, 0.6) is 0 Å². The van der Waals surface area contributed by atoms with E-state index >= 15 is 0 Å². The Morgan fingerprint density at radius 3 is 2.60 bits per heavy atom. The van der Waals surface area contributed by atoms with Crippen molar-refractivity contribution >= 4 is 40.6 Å². The molecule has 0 radical (unpaired) electrons. The Balaban J connectivity index is 1.63. The van der Waals surface area contributed by atoms with E-state index in [0.717, 1.165) is 11.3 Å². The summed E-state index contributed by atoms with van der Waals surface area (Å²) in [4.78, 5) is 23.0. The highest BCUT2D eigenvalue weighted by Gasteiger charge is 2.09. The number of anilines is 1. The summed E-state index contributed by atoms with van der Waals surface area (Å²) >= 11 is 7.49. The lowest BCUT2D eigenvalue weighted by atomic mass is 10.2. The molecule has 2 aromatic carbocycles. The van der Waals surface area contributed by atoms with E-state index in [1.54, 1.807) is 6.07 Å². The van der Waals surface area contributed by atoms with Gasteiger partial charge in [0.2, 0.25) is 5.91 Å². The van der Waals surface area contributed by atoms with Gasteiger partial charge in [-0.1, -0.05) is 29.8 Å². The number of nitro benzene ring substituents is 1. The van der Waals surface area contributed by atoms with Gasteiger partial charge in [-0.15, -0.1) is 11.8 Å². The minimum Gasteiger partial charge on any atom is -0.384 e. The van der Waals surface area contributed by atoms with E-state index in [2.05, 4.69) is 10.6 Å². The first-order chi connectivity index (χ1) is 12.1. The van der Waals surface area contributed by atoms with Crippen molar-refractivity contribution < 1.29 is 9.72 Å². The summed E-state index contributed by atoms with van der Waals surface area (Å²) in [6, 6.07) is 14.0. The van der Waals surface area contributed by atoms with Gasteiger partial charge in [0.15, 0.2) is 0 Å². The van der Waals surface area contributed by atoms with Gasteiger partial charge in [0, 0.05) is 30.1 Å². The van der Waals surface area contributed by atoms with Crippen LogP contribution >= 0.6 is 23.4 Å². The van der Waals surface area contributed by atoms with Crippen LogP contribution in [0.1, 0.15) is 6.42 Å². The molecule has 0 aliphatic rings. The van der Waals surface area contributed by atoms with Crippen LogP contribution in [-0.2, 0) is 4.79 Å². The first-order valence-corrected chi connectivity index (χ1v) is 9.05. The highest BCUT2D eigenvalue weighted by molar-refractivity contribution is 8.00. The van der Waals surface area contributed by atoms with Crippen LogP contribution in [0.15, 0.2) is 53.4 Å². The lowest BCUT2D eigenvalue weighted by molar-refractivity contribution is -0.384. The van der Waals surface area contributed by atoms with Gasteiger partial charge < -0.3 is 10.6 Å². The number of thioether (sulfide) groups is 1. The fraction of sp³-hybridized carbons (Fsp3) is 0.235. The molecule has 0 saturated carbocycles. The van der Waals surface area contributed by atoms with Gasteiger partial charge in [-0.25, -0.2) is 0 Å². The first-order valence-electron chi connectivity index (χ1n) is 7.68. The molecule has 0 aliphatic heterocycles. The molecule has 0 atom stereocenters. The average molecular weight is 380 g/mol. The predicted molar refractivity (Wildman–Crippen MR) is 101 cm³/mol. The van der Waals surface area contributed by atoms with Gasteiger partial charge in [0.25, 0.3) is 5.69 Å². The number of nitrogens with zero attached hydrogens (tertiary/aromatic N) is 1. The molecule has 0 unspecified atom stereocenters. The summed E-state index contributed by atoms with van der Waals surface area (Å²) in [7, 11) is 0. The minimum absolute atomic E-state index is 0.0118. The van der Waals surface area contributed by atoms with Crippen molar-refractivity contribution in [3.8, 4) is 0 Å². The SMILES string of the molecule is O=C(CSc1ccccc1)NCCCNc1ccc([N+](=O)[O-])cc1Cl. The molecule has 0 saturated heterocycles. The number of amides is 1. The molecule has 1 amide bonds. The lowest BCUT2D eigenvalue weighted by Gasteiger charge is -2.09. The number of carbonyl (C=O) groups excluding carboxylic acids is 1. The quantitative estimate of drug-likeness (QED) is 0.298. The summed E-state index contributed by atoms with van der Waals surface area (Å²) in [5, 5.41) is 16.9. The van der Waals surface area contributed by atoms with Gasteiger partial charge in [0.1, 0.15) is 0 Å². The predicted octanol–water partition coefficient (Wildman–Crippen LogP) is 3.96. The molecular formula is C17H18ClN3O3S. The number of benzene rings is 2. The molecule has 132 valence electrons.